The molecule has 0 spiro atoms. The molecular weight excluding hydrogens is 350 g/mol. The molecule has 26 heavy (non-hydrogen) atoms. The molecule has 1 aliphatic heterocycles. The molecule has 3 rings (SSSR count). The monoisotopic (exact) mass is 379 g/mol. The van der Waals surface area contributed by atoms with Crippen LogP contribution in [-0.4, -0.2) is 50.4 Å². The third-order valence-electron chi connectivity index (χ3n) is 5.70. The largest absolute Gasteiger partial charge is 0.333 e. The molecule has 0 aromatic heterocycles. The molecule has 144 valence electrons. The minimum absolute atomic E-state index is 0.00722. The standard InChI is InChI=1S/C19H29N3O3S/c1-13-8-9-16(19(23)22-11-10-20-14(2)15(22)3)12-18(13)26(24,25)21-17-6-4-5-7-17/h8-9,12,14-15,17,20-21H,4-7,10-11H2,1-3H3. The smallest absolute Gasteiger partial charge is 0.254 e. The molecule has 1 amide bonds. The molecule has 2 atom stereocenters. The van der Waals surface area contributed by atoms with E-state index in [1.807, 2.05) is 11.8 Å². The summed E-state index contributed by atoms with van der Waals surface area (Å²) in [6, 6.07) is 5.28. The predicted octanol–water partition coefficient (Wildman–Crippen LogP) is 2.04. The van der Waals surface area contributed by atoms with Crippen molar-refractivity contribution in [2.24, 2.45) is 0 Å². The van der Waals surface area contributed by atoms with Crippen LogP contribution in [0.2, 0.25) is 0 Å². The highest BCUT2D eigenvalue weighted by Crippen LogP contribution is 2.24. The number of rotatable bonds is 4. The van der Waals surface area contributed by atoms with Gasteiger partial charge >= 0.3 is 0 Å². The van der Waals surface area contributed by atoms with Crippen LogP contribution in [0.4, 0.5) is 0 Å². The average molecular weight is 380 g/mol. The Morgan fingerprint density at radius 1 is 1.23 bits per heavy atom. The fraction of sp³-hybridized carbons (Fsp3) is 0.632. The maximum atomic E-state index is 13.0. The molecule has 2 unspecified atom stereocenters. The number of hydrogen-bond acceptors (Lipinski definition) is 4. The molecule has 1 aromatic carbocycles. The molecule has 6 nitrogen and oxygen atoms in total. The molecule has 1 heterocycles. The van der Waals surface area contributed by atoms with Crippen molar-refractivity contribution < 1.29 is 13.2 Å². The van der Waals surface area contributed by atoms with E-state index in [1.54, 1.807) is 19.1 Å². The summed E-state index contributed by atoms with van der Waals surface area (Å²) in [5.41, 5.74) is 1.09. The van der Waals surface area contributed by atoms with Crippen LogP contribution < -0.4 is 10.0 Å². The van der Waals surface area contributed by atoms with Crippen LogP contribution in [0.3, 0.4) is 0 Å². The third kappa shape index (κ3) is 3.94. The van der Waals surface area contributed by atoms with Crippen molar-refractivity contribution in [2.75, 3.05) is 13.1 Å². The topological polar surface area (TPSA) is 78.5 Å². The first-order chi connectivity index (χ1) is 12.3. The number of hydrogen-bond donors (Lipinski definition) is 2. The van der Waals surface area contributed by atoms with E-state index < -0.39 is 10.0 Å². The van der Waals surface area contributed by atoms with Crippen LogP contribution in [-0.2, 0) is 10.0 Å². The van der Waals surface area contributed by atoms with Crippen LogP contribution in [0.5, 0.6) is 0 Å². The van der Waals surface area contributed by atoms with Crippen LogP contribution in [0.25, 0.3) is 0 Å². The second-order valence-corrected chi connectivity index (χ2v) is 9.25. The number of nitrogens with zero attached hydrogens (tertiary/aromatic N) is 1. The van der Waals surface area contributed by atoms with E-state index in [4.69, 9.17) is 0 Å². The second kappa shape index (κ2) is 7.66. The molecule has 0 bridgehead atoms. The summed E-state index contributed by atoms with van der Waals surface area (Å²) < 4.78 is 28.5. The van der Waals surface area contributed by atoms with Crippen molar-refractivity contribution >= 4 is 15.9 Å². The number of amides is 1. The first-order valence-electron chi connectivity index (χ1n) is 9.47. The lowest BCUT2D eigenvalue weighted by Crippen LogP contribution is -2.57. The SMILES string of the molecule is Cc1ccc(C(=O)N2CCNC(C)C2C)cc1S(=O)(=O)NC1CCCC1. The summed E-state index contributed by atoms with van der Waals surface area (Å²) >= 11 is 0. The van der Waals surface area contributed by atoms with Crippen molar-refractivity contribution in [1.29, 1.82) is 0 Å². The predicted molar refractivity (Wildman–Crippen MR) is 102 cm³/mol. The van der Waals surface area contributed by atoms with Gasteiger partial charge in [-0.3, -0.25) is 4.79 Å². The number of aryl methyl sites for hydroxylation is 1. The molecule has 0 radical (unpaired) electrons. The Bertz CT molecular complexity index is 772. The Hall–Kier alpha value is -1.44. The van der Waals surface area contributed by atoms with Gasteiger partial charge in [0, 0.05) is 36.8 Å². The van der Waals surface area contributed by atoms with Gasteiger partial charge in [-0.1, -0.05) is 18.9 Å². The summed E-state index contributed by atoms with van der Waals surface area (Å²) in [5, 5.41) is 3.35. The highest BCUT2D eigenvalue weighted by molar-refractivity contribution is 7.89. The Morgan fingerprint density at radius 2 is 1.92 bits per heavy atom. The van der Waals surface area contributed by atoms with Gasteiger partial charge in [0.2, 0.25) is 10.0 Å². The Morgan fingerprint density at radius 3 is 2.62 bits per heavy atom. The quantitative estimate of drug-likeness (QED) is 0.839. The van der Waals surface area contributed by atoms with E-state index in [-0.39, 0.29) is 28.9 Å². The lowest BCUT2D eigenvalue weighted by Gasteiger charge is -2.38. The van der Waals surface area contributed by atoms with Crippen molar-refractivity contribution in [3.8, 4) is 0 Å². The normalized spacial score (nSPS) is 24.8. The third-order valence-corrected chi connectivity index (χ3v) is 7.36. The van der Waals surface area contributed by atoms with Gasteiger partial charge in [-0.05, 0) is 51.3 Å². The van der Waals surface area contributed by atoms with E-state index in [1.165, 1.54) is 6.07 Å². The first kappa shape index (κ1) is 19.3. The highest BCUT2D eigenvalue weighted by atomic mass is 32.2. The highest BCUT2D eigenvalue weighted by Gasteiger charge is 2.30. The number of carbonyl (C=O) groups excluding carboxylic acids is 1. The average Bonchev–Trinajstić information content (AvgIpc) is 3.09. The molecule has 1 saturated heterocycles. The van der Waals surface area contributed by atoms with E-state index in [0.29, 0.717) is 17.7 Å². The molecule has 1 aromatic rings. The van der Waals surface area contributed by atoms with Crippen molar-refractivity contribution in [1.82, 2.24) is 14.9 Å². The molecule has 7 heteroatoms. The maximum absolute atomic E-state index is 13.0. The van der Waals surface area contributed by atoms with Crippen LogP contribution in [0.1, 0.15) is 55.5 Å². The summed E-state index contributed by atoms with van der Waals surface area (Å²) in [6.45, 7) is 7.22. The lowest BCUT2D eigenvalue weighted by atomic mass is 10.0. The minimum atomic E-state index is -3.62. The van der Waals surface area contributed by atoms with Crippen molar-refractivity contribution in [3.63, 3.8) is 0 Å². The van der Waals surface area contributed by atoms with Crippen LogP contribution >= 0.6 is 0 Å². The molecule has 2 N–H and O–H groups in total. The van der Waals surface area contributed by atoms with E-state index in [0.717, 1.165) is 32.2 Å². The molecule has 1 aliphatic carbocycles. The fourth-order valence-electron chi connectivity index (χ4n) is 3.86. The van der Waals surface area contributed by atoms with Crippen molar-refractivity contribution in [2.45, 2.75) is 69.5 Å². The molecule has 1 saturated carbocycles. The van der Waals surface area contributed by atoms with Crippen LogP contribution in [0.15, 0.2) is 23.1 Å². The van der Waals surface area contributed by atoms with E-state index >= 15 is 0 Å². The number of sulfonamides is 1. The van der Waals surface area contributed by atoms with Crippen LogP contribution in [0, 0.1) is 6.92 Å². The first-order valence-corrected chi connectivity index (χ1v) is 11.0. The number of piperazine rings is 1. The van der Waals surface area contributed by atoms with Gasteiger partial charge in [0.1, 0.15) is 0 Å². The zero-order chi connectivity index (χ0) is 18.9. The van der Waals surface area contributed by atoms with Crippen molar-refractivity contribution in [3.05, 3.63) is 29.3 Å². The molecular formula is C19H29N3O3S. The summed E-state index contributed by atoms with van der Waals surface area (Å²) in [4.78, 5) is 15.0. The summed E-state index contributed by atoms with van der Waals surface area (Å²) in [5.74, 6) is -0.108. The van der Waals surface area contributed by atoms with Gasteiger partial charge < -0.3 is 10.2 Å². The molecule has 2 aliphatic rings. The van der Waals surface area contributed by atoms with Gasteiger partial charge in [-0.15, -0.1) is 0 Å². The minimum Gasteiger partial charge on any atom is -0.333 e. The Labute approximate surface area is 156 Å². The Kier molecular flexibility index (Phi) is 5.69. The fourth-order valence-corrected chi connectivity index (χ4v) is 5.43. The number of benzene rings is 1. The second-order valence-electron chi connectivity index (χ2n) is 7.56. The Balaban J connectivity index is 1.86. The van der Waals surface area contributed by atoms with Gasteiger partial charge in [-0.2, -0.15) is 0 Å². The summed E-state index contributed by atoms with van der Waals surface area (Å²) in [6.07, 6.45) is 3.88. The van der Waals surface area contributed by atoms with Gasteiger partial charge in [0.05, 0.1) is 4.90 Å². The number of carbonyl (C=O) groups is 1. The van der Waals surface area contributed by atoms with Gasteiger partial charge in [-0.25, -0.2) is 13.1 Å². The summed E-state index contributed by atoms with van der Waals surface area (Å²) in [7, 11) is -3.62. The van der Waals surface area contributed by atoms with Gasteiger partial charge in [0.25, 0.3) is 5.91 Å². The maximum Gasteiger partial charge on any atom is 0.254 e. The molecule has 2 fully saturated rings. The zero-order valence-corrected chi connectivity index (χ0v) is 16.6. The van der Waals surface area contributed by atoms with Gasteiger partial charge in [0.15, 0.2) is 0 Å². The zero-order valence-electron chi connectivity index (χ0n) is 15.8. The van der Waals surface area contributed by atoms with E-state index in [2.05, 4.69) is 17.0 Å². The lowest BCUT2D eigenvalue weighted by molar-refractivity contribution is 0.0602. The number of nitrogens with one attached hydrogen (secondary N) is 2. The van der Waals surface area contributed by atoms with E-state index in [9.17, 15) is 13.2 Å².